The summed E-state index contributed by atoms with van der Waals surface area (Å²) in [6.45, 7) is 41.8. The zero-order valence-corrected chi connectivity index (χ0v) is 67.9. The Hall–Kier alpha value is -2.65. The Morgan fingerprint density at radius 2 is 0.620 bits per heavy atom. The van der Waals surface area contributed by atoms with E-state index in [1.165, 1.54) is 180 Å². The first-order chi connectivity index (χ1) is 46.9. The van der Waals surface area contributed by atoms with Crippen molar-refractivity contribution in [1.29, 1.82) is 0 Å². The van der Waals surface area contributed by atoms with Crippen molar-refractivity contribution in [3.63, 3.8) is 0 Å². The van der Waals surface area contributed by atoms with Crippen LogP contribution in [0.25, 0.3) is 0 Å². The van der Waals surface area contributed by atoms with Crippen molar-refractivity contribution >= 4 is 29.8 Å². The van der Waals surface area contributed by atoms with Crippen molar-refractivity contribution in [1.82, 2.24) is 0 Å². The zero-order chi connectivity index (χ0) is 72.7. The van der Waals surface area contributed by atoms with Crippen molar-refractivity contribution in [2.75, 3.05) is 0 Å². The van der Waals surface area contributed by atoms with Gasteiger partial charge in [-0.3, -0.25) is 24.0 Å². The highest BCUT2D eigenvalue weighted by atomic mass is 16.6. The molecule has 1 unspecified atom stereocenters. The molecule has 0 N–H and O–H groups in total. The van der Waals surface area contributed by atoms with Gasteiger partial charge in [0.1, 0.15) is 28.0 Å². The largest absolute Gasteiger partial charge is 0.459 e. The van der Waals surface area contributed by atoms with Crippen LogP contribution in [0.15, 0.2) is 0 Å². The molecule has 20 bridgehead atoms. The fourth-order valence-electron chi connectivity index (χ4n) is 25.8. The Labute approximate surface area is 611 Å². The molecule has 0 aromatic rings. The van der Waals surface area contributed by atoms with Crippen molar-refractivity contribution in [2.45, 2.75) is 391 Å². The molecule has 0 aromatic heterocycles. The van der Waals surface area contributed by atoms with Gasteiger partial charge in [-0.05, 0) is 414 Å². The molecule has 20 fully saturated rings. The topological polar surface area (TPSA) is 132 Å². The Morgan fingerprint density at radius 1 is 0.350 bits per heavy atom. The molecule has 20 saturated carbocycles. The van der Waals surface area contributed by atoms with Gasteiger partial charge in [-0.1, -0.05) is 61.8 Å². The predicted octanol–water partition coefficient (Wildman–Crippen LogP) is 22.9. The third kappa shape index (κ3) is 15.2. The lowest BCUT2D eigenvalue weighted by atomic mass is 9.46. The summed E-state index contributed by atoms with van der Waals surface area (Å²) in [7, 11) is 0. The second-order valence-corrected chi connectivity index (χ2v) is 41.9. The van der Waals surface area contributed by atoms with Crippen LogP contribution in [0.1, 0.15) is 363 Å². The molecule has 0 saturated heterocycles. The Balaban J connectivity index is 0.000000126. The lowest BCUT2D eigenvalue weighted by Crippen LogP contribution is -2.60. The fraction of sp³-hybridized carbons (Fsp3) is 0.944. The van der Waals surface area contributed by atoms with Crippen molar-refractivity contribution in [3.05, 3.63) is 0 Å². The number of unbranched alkanes of at least 4 members (excludes halogenated alkanes) is 1. The highest BCUT2D eigenvalue weighted by molar-refractivity contribution is 5.78. The van der Waals surface area contributed by atoms with E-state index in [2.05, 4.69) is 76.2 Å². The van der Waals surface area contributed by atoms with Crippen LogP contribution in [0.2, 0.25) is 0 Å². The second kappa shape index (κ2) is 29.5. The number of carbonyl (C=O) groups is 5. The number of ether oxygens (including phenoxy) is 5. The SMILES string of the molecule is CCC(C)(C)C(=O)OC(C)(C)C12CC3CC(CC(C3)C1)C2.CCC(C)(C)C(=O)OC1(C)C2CC3CC(C2)CC1C3.CCC(C)(C)C(=O)OC1(CC)C2CC3CC(C2)CC1C3.CCC(C)C(=O)OC1(C)C2CC3CC(C2)CC1C3.CCCCC1(OC(=O)C(C)(C)CC)C2CC3CC(C2)CC1C3. The van der Waals surface area contributed by atoms with E-state index in [4.69, 9.17) is 23.7 Å². The van der Waals surface area contributed by atoms with Gasteiger partial charge in [0, 0.05) is 5.41 Å². The van der Waals surface area contributed by atoms with Crippen LogP contribution in [0.3, 0.4) is 0 Å². The molecule has 10 nitrogen and oxygen atoms in total. The van der Waals surface area contributed by atoms with Crippen LogP contribution < -0.4 is 0 Å². The van der Waals surface area contributed by atoms with Gasteiger partial charge in [0.15, 0.2) is 0 Å². The van der Waals surface area contributed by atoms with Crippen molar-refractivity contribution in [2.24, 2.45) is 145 Å². The van der Waals surface area contributed by atoms with E-state index in [1.54, 1.807) is 0 Å². The van der Waals surface area contributed by atoms with E-state index in [0.717, 1.165) is 110 Å². The first kappa shape index (κ1) is 78.4. The highest BCUT2D eigenvalue weighted by Gasteiger charge is 2.64. The lowest BCUT2D eigenvalue weighted by Gasteiger charge is -2.61. The number of hydrogen-bond acceptors (Lipinski definition) is 10. The first-order valence-corrected chi connectivity index (χ1v) is 43.0. The van der Waals surface area contributed by atoms with Crippen molar-refractivity contribution < 1.29 is 47.7 Å². The van der Waals surface area contributed by atoms with Gasteiger partial charge >= 0.3 is 29.8 Å². The third-order valence-electron chi connectivity index (χ3n) is 33.7. The standard InChI is InChI=1S/C20H34O2.C19H32O2.C18H30O2.C17H28O2.C16H26O2/c1-5-7-8-20(22-18(21)19(3,4)6-2)16-10-14-9-15(12-16)13-17(20)11-14;1-6-17(2,3)16(20)21-18(4,5)19-10-13-7-14(11-19)9-15(8-13)12-19;1-5-17(3,4)16(19)20-18(6-2)14-8-12-7-13(10-14)11-15(18)9-12;1-5-16(2,3)15(18)19-17(4)13-7-11-6-12(9-13)10-14(17)8-11;1-4-10(2)15(17)18-16(3)13-6-11-5-12(8-13)9-14(16)7-11/h14-17H,5-13H2,1-4H3;13-15H,6-12H2,1-5H3;12-15H,5-11H2,1-4H3;11-14H,5-10H2,1-4H3;10-14H,4-9H2,1-3H3. The number of esters is 5. The summed E-state index contributed by atoms with van der Waals surface area (Å²) in [6, 6.07) is 0. The van der Waals surface area contributed by atoms with Crippen LogP contribution in [-0.2, 0) is 47.7 Å². The van der Waals surface area contributed by atoms with Crippen LogP contribution in [0.4, 0.5) is 0 Å². The molecule has 570 valence electrons. The fourth-order valence-corrected chi connectivity index (χ4v) is 25.8. The number of carbonyl (C=O) groups excluding carboxylic acids is 5. The number of hydrogen-bond donors (Lipinski definition) is 0. The molecule has 0 spiro atoms. The summed E-state index contributed by atoms with van der Waals surface area (Å²) in [5.41, 5.74) is -2.00. The average molecular weight is 1390 g/mol. The summed E-state index contributed by atoms with van der Waals surface area (Å²) in [6.07, 6.45) is 43.6. The zero-order valence-electron chi connectivity index (χ0n) is 67.9. The molecule has 0 aliphatic heterocycles. The summed E-state index contributed by atoms with van der Waals surface area (Å²) in [4.78, 5) is 62.7. The summed E-state index contributed by atoms with van der Waals surface area (Å²) < 4.78 is 31.0. The third-order valence-corrected chi connectivity index (χ3v) is 33.7. The quantitative estimate of drug-likeness (QED) is 0.0857. The van der Waals surface area contributed by atoms with Gasteiger partial charge in [-0.15, -0.1) is 0 Å². The first-order valence-electron chi connectivity index (χ1n) is 43.0. The molecule has 20 aliphatic carbocycles. The maximum absolute atomic E-state index is 12.8. The smallest absolute Gasteiger partial charge is 0.312 e. The van der Waals surface area contributed by atoms with Gasteiger partial charge in [0.2, 0.25) is 0 Å². The van der Waals surface area contributed by atoms with Crippen LogP contribution >= 0.6 is 0 Å². The molecule has 0 radical (unpaired) electrons. The Morgan fingerprint density at radius 3 is 0.920 bits per heavy atom. The maximum atomic E-state index is 12.8. The molecule has 20 aliphatic rings. The normalized spacial score (nSPS) is 42.4. The summed E-state index contributed by atoms with van der Waals surface area (Å²) in [5.74, 6) is 15.4. The predicted molar refractivity (Wildman–Crippen MR) is 401 cm³/mol. The van der Waals surface area contributed by atoms with E-state index in [-0.39, 0.29) is 90.8 Å². The average Bonchev–Trinajstić information content (AvgIpc) is 0.752. The molecular formula is C90H150O10. The Bertz CT molecular complexity index is 2720. The van der Waals surface area contributed by atoms with Gasteiger partial charge in [-0.25, -0.2) is 0 Å². The van der Waals surface area contributed by atoms with Crippen LogP contribution in [0.5, 0.6) is 0 Å². The minimum absolute atomic E-state index is 0.00857. The monoisotopic (exact) mass is 1390 g/mol. The second-order valence-electron chi connectivity index (χ2n) is 41.9. The molecule has 20 rings (SSSR count). The molecular weight excluding hydrogens is 1240 g/mol. The molecule has 100 heavy (non-hydrogen) atoms. The molecule has 10 heteroatoms. The van der Waals surface area contributed by atoms with Gasteiger partial charge < -0.3 is 23.7 Å². The molecule has 0 amide bonds. The molecule has 0 aromatic carbocycles. The van der Waals surface area contributed by atoms with Crippen LogP contribution in [0, 0.1) is 145 Å². The van der Waals surface area contributed by atoms with E-state index < -0.39 is 0 Å². The van der Waals surface area contributed by atoms with Gasteiger partial charge in [0.25, 0.3) is 0 Å². The van der Waals surface area contributed by atoms with Gasteiger partial charge in [-0.2, -0.15) is 0 Å². The minimum Gasteiger partial charge on any atom is -0.459 e. The minimum atomic E-state index is -0.362. The van der Waals surface area contributed by atoms with E-state index in [1.807, 2.05) is 62.3 Å². The van der Waals surface area contributed by atoms with Gasteiger partial charge in [0.05, 0.1) is 27.6 Å². The lowest BCUT2D eigenvalue weighted by molar-refractivity contribution is -0.220. The van der Waals surface area contributed by atoms with Crippen LogP contribution in [-0.4, -0.2) is 57.9 Å². The summed E-state index contributed by atoms with van der Waals surface area (Å²) in [5, 5.41) is 0. The molecule has 1 atom stereocenters. The highest BCUT2D eigenvalue weighted by Crippen LogP contribution is 2.67. The maximum Gasteiger partial charge on any atom is 0.312 e. The molecule has 0 heterocycles. The van der Waals surface area contributed by atoms with Crippen molar-refractivity contribution in [3.8, 4) is 0 Å². The summed E-state index contributed by atoms with van der Waals surface area (Å²) >= 11 is 0. The number of rotatable bonds is 20. The Kier molecular flexibility index (Phi) is 23.1. The van der Waals surface area contributed by atoms with E-state index in [0.29, 0.717) is 47.3 Å². The van der Waals surface area contributed by atoms with E-state index in [9.17, 15) is 24.0 Å². The van der Waals surface area contributed by atoms with E-state index >= 15 is 0 Å².